The first-order chi connectivity index (χ1) is 8.18. The van der Waals surface area contributed by atoms with Crippen molar-refractivity contribution in [2.24, 2.45) is 7.05 Å². The van der Waals surface area contributed by atoms with E-state index in [4.69, 9.17) is 0 Å². The summed E-state index contributed by atoms with van der Waals surface area (Å²) < 4.78 is 2.38. The second-order valence-electron chi connectivity index (χ2n) is 5.24. The highest BCUT2D eigenvalue weighted by atomic mass is 15.0. The summed E-state index contributed by atoms with van der Waals surface area (Å²) in [4.78, 5) is 0. The Morgan fingerprint density at radius 2 is 2.12 bits per heavy atom. The number of hydrogen-bond acceptors (Lipinski definition) is 1. The highest BCUT2D eigenvalue weighted by Crippen LogP contribution is 2.33. The van der Waals surface area contributed by atoms with Gasteiger partial charge in [-0.05, 0) is 50.4 Å². The molecule has 0 amide bonds. The van der Waals surface area contributed by atoms with Crippen LogP contribution in [0.5, 0.6) is 0 Å². The first-order valence-corrected chi connectivity index (χ1v) is 6.47. The minimum Gasteiger partial charge on any atom is -0.346 e. The van der Waals surface area contributed by atoms with Gasteiger partial charge in [-0.15, -0.1) is 0 Å². The average molecular weight is 228 g/mol. The molecule has 1 fully saturated rings. The fraction of sp³-hybridized carbons (Fsp3) is 0.467. The van der Waals surface area contributed by atoms with Crippen molar-refractivity contribution in [3.05, 3.63) is 35.0 Å². The highest BCUT2D eigenvalue weighted by Gasteiger charge is 2.23. The zero-order chi connectivity index (χ0) is 12.0. The Morgan fingerprint density at radius 3 is 2.82 bits per heavy atom. The molecule has 1 aromatic carbocycles. The van der Waals surface area contributed by atoms with Crippen LogP contribution in [-0.4, -0.2) is 11.1 Å². The van der Waals surface area contributed by atoms with Crippen molar-refractivity contribution in [3.63, 3.8) is 0 Å². The van der Waals surface area contributed by atoms with E-state index in [1.54, 1.807) is 0 Å². The summed E-state index contributed by atoms with van der Waals surface area (Å²) in [7, 11) is 2.20. The molecule has 0 bridgehead atoms. The van der Waals surface area contributed by atoms with Crippen LogP contribution in [-0.2, 0) is 7.05 Å². The van der Waals surface area contributed by atoms with Crippen molar-refractivity contribution in [2.45, 2.75) is 32.7 Å². The smallest absolute Gasteiger partial charge is 0.0485 e. The van der Waals surface area contributed by atoms with Gasteiger partial charge < -0.3 is 9.88 Å². The standard InChI is InChI=1S/C15H20N2/c1-10-6-7-12-11(2)15(13-5-4-8-16-13)17(3)14(12)9-10/h6-7,9,13,16H,4-5,8H2,1-3H3. The third-order valence-electron chi connectivity index (χ3n) is 4.05. The summed E-state index contributed by atoms with van der Waals surface area (Å²) in [5, 5.41) is 5.01. The third-order valence-corrected chi connectivity index (χ3v) is 4.05. The van der Waals surface area contributed by atoms with Gasteiger partial charge in [0.15, 0.2) is 0 Å². The minimum atomic E-state index is 0.549. The van der Waals surface area contributed by atoms with Crippen LogP contribution in [0.2, 0.25) is 0 Å². The molecule has 17 heavy (non-hydrogen) atoms. The topological polar surface area (TPSA) is 17.0 Å². The lowest BCUT2D eigenvalue weighted by Crippen LogP contribution is -2.16. The summed E-state index contributed by atoms with van der Waals surface area (Å²) in [5.41, 5.74) is 5.63. The van der Waals surface area contributed by atoms with Crippen molar-refractivity contribution < 1.29 is 0 Å². The molecule has 1 atom stereocenters. The maximum absolute atomic E-state index is 3.61. The molecule has 0 spiro atoms. The van der Waals surface area contributed by atoms with Gasteiger partial charge in [-0.2, -0.15) is 0 Å². The fourth-order valence-electron chi connectivity index (χ4n) is 3.17. The van der Waals surface area contributed by atoms with Crippen molar-refractivity contribution >= 4 is 10.9 Å². The van der Waals surface area contributed by atoms with Crippen molar-refractivity contribution in [1.29, 1.82) is 0 Å². The number of benzene rings is 1. The van der Waals surface area contributed by atoms with E-state index < -0.39 is 0 Å². The van der Waals surface area contributed by atoms with Gasteiger partial charge in [0.1, 0.15) is 0 Å². The molecule has 2 heterocycles. The Balaban J connectivity index is 2.24. The Labute approximate surface area is 103 Å². The lowest BCUT2D eigenvalue weighted by Gasteiger charge is -2.13. The second kappa shape index (κ2) is 3.88. The van der Waals surface area contributed by atoms with E-state index in [0.717, 1.165) is 6.54 Å². The number of rotatable bonds is 1. The molecule has 0 saturated carbocycles. The zero-order valence-electron chi connectivity index (χ0n) is 10.9. The minimum absolute atomic E-state index is 0.549. The molecule has 1 saturated heterocycles. The predicted molar refractivity (Wildman–Crippen MR) is 72.4 cm³/mol. The van der Waals surface area contributed by atoms with Crippen molar-refractivity contribution in [2.75, 3.05) is 6.54 Å². The van der Waals surface area contributed by atoms with Gasteiger partial charge in [-0.1, -0.05) is 12.1 Å². The molecule has 1 aliphatic heterocycles. The van der Waals surface area contributed by atoms with E-state index in [1.807, 2.05) is 0 Å². The fourth-order valence-corrected chi connectivity index (χ4v) is 3.17. The van der Waals surface area contributed by atoms with Crippen molar-refractivity contribution in [3.8, 4) is 0 Å². The van der Waals surface area contributed by atoms with Crippen LogP contribution in [0, 0.1) is 13.8 Å². The van der Waals surface area contributed by atoms with Gasteiger partial charge in [0.25, 0.3) is 0 Å². The number of hydrogen-bond donors (Lipinski definition) is 1. The molecule has 1 N–H and O–H groups in total. The Hall–Kier alpha value is -1.28. The SMILES string of the molecule is Cc1ccc2c(C)c(C3CCCN3)n(C)c2c1. The molecule has 0 aliphatic carbocycles. The van der Waals surface area contributed by atoms with Gasteiger partial charge >= 0.3 is 0 Å². The van der Waals surface area contributed by atoms with Crippen LogP contribution >= 0.6 is 0 Å². The lowest BCUT2D eigenvalue weighted by atomic mass is 10.1. The molecule has 90 valence electrons. The molecule has 0 radical (unpaired) electrons. The summed E-state index contributed by atoms with van der Waals surface area (Å²) in [6.45, 7) is 5.58. The van der Waals surface area contributed by atoms with E-state index >= 15 is 0 Å². The summed E-state index contributed by atoms with van der Waals surface area (Å²) >= 11 is 0. The molecule has 2 nitrogen and oxygen atoms in total. The number of nitrogens with zero attached hydrogens (tertiary/aromatic N) is 1. The number of aromatic nitrogens is 1. The van der Waals surface area contributed by atoms with E-state index in [2.05, 4.69) is 49.0 Å². The van der Waals surface area contributed by atoms with E-state index in [9.17, 15) is 0 Å². The van der Waals surface area contributed by atoms with E-state index in [0.29, 0.717) is 6.04 Å². The van der Waals surface area contributed by atoms with Crippen LogP contribution in [0.4, 0.5) is 0 Å². The first-order valence-electron chi connectivity index (χ1n) is 6.47. The average Bonchev–Trinajstić information content (AvgIpc) is 2.88. The van der Waals surface area contributed by atoms with Gasteiger partial charge in [0.2, 0.25) is 0 Å². The number of fused-ring (bicyclic) bond motifs is 1. The van der Waals surface area contributed by atoms with E-state index in [-0.39, 0.29) is 0 Å². The largest absolute Gasteiger partial charge is 0.346 e. The van der Waals surface area contributed by atoms with Crippen LogP contribution in [0.3, 0.4) is 0 Å². The zero-order valence-corrected chi connectivity index (χ0v) is 10.9. The second-order valence-corrected chi connectivity index (χ2v) is 5.24. The molecule has 1 aliphatic rings. The first kappa shape index (κ1) is 10.8. The Morgan fingerprint density at radius 1 is 1.29 bits per heavy atom. The maximum atomic E-state index is 3.61. The lowest BCUT2D eigenvalue weighted by molar-refractivity contribution is 0.600. The van der Waals surface area contributed by atoms with Gasteiger partial charge in [-0.25, -0.2) is 0 Å². The molecular weight excluding hydrogens is 208 g/mol. The summed E-state index contributed by atoms with van der Waals surface area (Å²) in [6.07, 6.45) is 2.56. The Kier molecular flexibility index (Phi) is 2.48. The third kappa shape index (κ3) is 1.59. The van der Waals surface area contributed by atoms with E-state index in [1.165, 1.54) is 40.6 Å². The van der Waals surface area contributed by atoms with Gasteiger partial charge in [-0.3, -0.25) is 0 Å². The predicted octanol–water partition coefficient (Wildman–Crippen LogP) is 3.22. The highest BCUT2D eigenvalue weighted by molar-refractivity contribution is 5.86. The van der Waals surface area contributed by atoms with Crippen LogP contribution in [0.25, 0.3) is 10.9 Å². The van der Waals surface area contributed by atoms with Gasteiger partial charge in [0.05, 0.1) is 0 Å². The summed E-state index contributed by atoms with van der Waals surface area (Å²) in [6, 6.07) is 7.31. The molecule has 2 heteroatoms. The monoisotopic (exact) mass is 228 g/mol. The number of nitrogens with one attached hydrogen (secondary N) is 1. The molecule has 3 rings (SSSR count). The maximum Gasteiger partial charge on any atom is 0.0485 e. The quantitative estimate of drug-likeness (QED) is 0.793. The van der Waals surface area contributed by atoms with Crippen molar-refractivity contribution in [1.82, 2.24) is 9.88 Å². The van der Waals surface area contributed by atoms with Gasteiger partial charge in [0, 0.05) is 29.7 Å². The van der Waals surface area contributed by atoms with Crippen LogP contribution in [0.1, 0.15) is 35.7 Å². The normalized spacial score (nSPS) is 20.3. The molecule has 1 unspecified atom stereocenters. The molecule has 1 aromatic heterocycles. The molecular formula is C15H20N2. The van der Waals surface area contributed by atoms with Crippen LogP contribution in [0.15, 0.2) is 18.2 Å². The molecule has 2 aromatic rings. The van der Waals surface area contributed by atoms with Crippen LogP contribution < -0.4 is 5.32 Å². The summed E-state index contributed by atoms with van der Waals surface area (Å²) in [5.74, 6) is 0. The Bertz CT molecular complexity index is 560. The number of aryl methyl sites for hydroxylation is 3.